The number of carbonyl (C=O) groups is 1. The second-order valence-corrected chi connectivity index (χ2v) is 4.28. The maximum absolute atomic E-state index is 10.7. The van der Waals surface area contributed by atoms with Gasteiger partial charge in [0.05, 0.1) is 0 Å². The van der Waals surface area contributed by atoms with Crippen LogP contribution in [0.2, 0.25) is 0 Å². The number of primary amides is 1. The van der Waals surface area contributed by atoms with Crippen molar-refractivity contribution in [3.63, 3.8) is 0 Å². The van der Waals surface area contributed by atoms with Gasteiger partial charge in [0.1, 0.15) is 5.84 Å². The number of oxime groups is 1. The molecule has 0 spiro atoms. The number of rotatable bonds is 8. The fourth-order valence-electron chi connectivity index (χ4n) is 1.78. The third kappa shape index (κ3) is 5.87. The summed E-state index contributed by atoms with van der Waals surface area (Å²) in [5.74, 6) is -0.147. The highest BCUT2D eigenvalue weighted by Gasteiger charge is 2.12. The molecule has 1 rings (SSSR count). The Labute approximate surface area is 112 Å². The molecular weight excluding hydrogens is 244 g/mol. The van der Waals surface area contributed by atoms with E-state index in [4.69, 9.17) is 16.7 Å². The van der Waals surface area contributed by atoms with Gasteiger partial charge in [0.15, 0.2) is 0 Å². The van der Waals surface area contributed by atoms with Crippen molar-refractivity contribution in [2.75, 3.05) is 6.54 Å². The van der Waals surface area contributed by atoms with E-state index in [9.17, 15) is 4.79 Å². The van der Waals surface area contributed by atoms with Crippen molar-refractivity contribution < 1.29 is 10.0 Å². The first kappa shape index (κ1) is 15.0. The molecule has 0 bridgehead atoms. The van der Waals surface area contributed by atoms with Crippen molar-refractivity contribution in [2.45, 2.75) is 25.3 Å². The minimum atomic E-state index is -0.311. The Bertz CT molecular complexity index is 420. The van der Waals surface area contributed by atoms with Crippen LogP contribution in [0.15, 0.2) is 35.5 Å². The number of nitrogens with one attached hydrogen (secondary N) is 1. The number of carbonyl (C=O) groups excluding carboxylic acids is 1. The van der Waals surface area contributed by atoms with Gasteiger partial charge in [-0.1, -0.05) is 35.5 Å². The summed E-state index contributed by atoms with van der Waals surface area (Å²) in [7, 11) is 0. The molecule has 104 valence electrons. The predicted octanol–water partition coefficient (Wildman–Crippen LogP) is 0.719. The van der Waals surface area contributed by atoms with Gasteiger partial charge in [-0.15, -0.1) is 0 Å². The van der Waals surface area contributed by atoms with Crippen LogP contribution in [0.5, 0.6) is 0 Å². The highest BCUT2D eigenvalue weighted by molar-refractivity contribution is 5.80. The second kappa shape index (κ2) is 8.10. The Kier molecular flexibility index (Phi) is 6.38. The second-order valence-electron chi connectivity index (χ2n) is 4.28. The zero-order valence-electron chi connectivity index (χ0n) is 10.7. The summed E-state index contributed by atoms with van der Waals surface area (Å²) in [5, 5.41) is 14.9. The molecular formula is C13H20N4O2. The summed E-state index contributed by atoms with van der Waals surface area (Å²) < 4.78 is 0. The van der Waals surface area contributed by atoms with Crippen molar-refractivity contribution in [1.82, 2.24) is 5.32 Å². The van der Waals surface area contributed by atoms with Gasteiger partial charge in [0.2, 0.25) is 5.91 Å². The SMILES string of the molecule is NC(=O)CCCNC(CC(N)=NO)c1ccccc1. The maximum atomic E-state index is 10.7. The molecule has 1 unspecified atom stereocenters. The van der Waals surface area contributed by atoms with Gasteiger partial charge in [0.25, 0.3) is 0 Å². The van der Waals surface area contributed by atoms with Crippen LogP contribution < -0.4 is 16.8 Å². The van der Waals surface area contributed by atoms with Gasteiger partial charge >= 0.3 is 0 Å². The zero-order chi connectivity index (χ0) is 14.1. The Morgan fingerprint density at radius 1 is 1.32 bits per heavy atom. The summed E-state index contributed by atoms with van der Waals surface area (Å²) in [4.78, 5) is 10.7. The third-order valence-corrected chi connectivity index (χ3v) is 2.73. The van der Waals surface area contributed by atoms with Crippen LogP contribution in [0.3, 0.4) is 0 Å². The van der Waals surface area contributed by atoms with Crippen molar-refractivity contribution in [2.24, 2.45) is 16.6 Å². The fourth-order valence-corrected chi connectivity index (χ4v) is 1.78. The number of hydrogen-bond donors (Lipinski definition) is 4. The lowest BCUT2D eigenvalue weighted by atomic mass is 10.0. The van der Waals surface area contributed by atoms with E-state index in [0.717, 1.165) is 5.56 Å². The molecule has 0 radical (unpaired) electrons. The molecule has 1 amide bonds. The molecule has 0 aliphatic carbocycles. The summed E-state index contributed by atoms with van der Waals surface area (Å²) in [5.41, 5.74) is 11.7. The molecule has 0 aromatic heterocycles. The lowest BCUT2D eigenvalue weighted by molar-refractivity contribution is -0.118. The quantitative estimate of drug-likeness (QED) is 0.182. The van der Waals surface area contributed by atoms with E-state index < -0.39 is 0 Å². The molecule has 1 aromatic rings. The molecule has 1 atom stereocenters. The van der Waals surface area contributed by atoms with E-state index in [1.54, 1.807) is 0 Å². The van der Waals surface area contributed by atoms with Crippen LogP contribution in [-0.2, 0) is 4.79 Å². The number of nitrogens with zero attached hydrogens (tertiary/aromatic N) is 1. The van der Waals surface area contributed by atoms with Crippen LogP contribution in [0.1, 0.15) is 30.9 Å². The predicted molar refractivity (Wildman–Crippen MR) is 73.6 cm³/mol. The van der Waals surface area contributed by atoms with Crippen LogP contribution in [0.25, 0.3) is 0 Å². The molecule has 0 aliphatic heterocycles. The number of hydrogen-bond acceptors (Lipinski definition) is 4. The number of amides is 1. The topological polar surface area (TPSA) is 114 Å². The normalized spacial score (nSPS) is 13.2. The summed E-state index contributed by atoms with van der Waals surface area (Å²) in [6, 6.07) is 9.67. The molecule has 0 heterocycles. The fraction of sp³-hybridized carbons (Fsp3) is 0.385. The van der Waals surface area contributed by atoms with Crippen LogP contribution >= 0.6 is 0 Å². The lowest BCUT2D eigenvalue weighted by Gasteiger charge is -2.18. The minimum absolute atomic E-state index is 0.0509. The van der Waals surface area contributed by atoms with E-state index in [0.29, 0.717) is 25.8 Å². The Morgan fingerprint density at radius 3 is 2.58 bits per heavy atom. The van der Waals surface area contributed by atoms with Crippen molar-refractivity contribution in [1.29, 1.82) is 0 Å². The van der Waals surface area contributed by atoms with Gasteiger partial charge in [-0.2, -0.15) is 0 Å². The van der Waals surface area contributed by atoms with Gasteiger partial charge in [0, 0.05) is 18.9 Å². The van der Waals surface area contributed by atoms with E-state index in [1.165, 1.54) is 0 Å². The van der Waals surface area contributed by atoms with E-state index in [1.807, 2.05) is 30.3 Å². The van der Waals surface area contributed by atoms with Gasteiger partial charge < -0.3 is 22.0 Å². The van der Waals surface area contributed by atoms with E-state index >= 15 is 0 Å². The van der Waals surface area contributed by atoms with E-state index in [2.05, 4.69) is 10.5 Å². The Morgan fingerprint density at radius 2 is 2.00 bits per heavy atom. The van der Waals surface area contributed by atoms with Gasteiger partial charge in [-0.25, -0.2) is 0 Å². The van der Waals surface area contributed by atoms with Gasteiger partial charge in [-0.3, -0.25) is 4.79 Å². The average molecular weight is 264 g/mol. The first-order valence-corrected chi connectivity index (χ1v) is 6.16. The molecule has 1 aromatic carbocycles. The largest absolute Gasteiger partial charge is 0.409 e. The molecule has 0 saturated carbocycles. The smallest absolute Gasteiger partial charge is 0.217 e. The number of amidine groups is 1. The molecule has 0 saturated heterocycles. The molecule has 6 nitrogen and oxygen atoms in total. The summed E-state index contributed by atoms with van der Waals surface area (Å²) in [6.07, 6.45) is 1.41. The van der Waals surface area contributed by atoms with E-state index in [-0.39, 0.29) is 17.8 Å². The molecule has 19 heavy (non-hydrogen) atoms. The number of benzene rings is 1. The molecule has 0 aliphatic rings. The van der Waals surface area contributed by atoms with Crippen LogP contribution in [-0.4, -0.2) is 23.5 Å². The van der Waals surface area contributed by atoms with Crippen molar-refractivity contribution in [3.05, 3.63) is 35.9 Å². The summed E-state index contributed by atoms with van der Waals surface area (Å²) >= 11 is 0. The van der Waals surface area contributed by atoms with Gasteiger partial charge in [-0.05, 0) is 18.5 Å². The Balaban J connectivity index is 2.57. The van der Waals surface area contributed by atoms with Crippen molar-refractivity contribution >= 4 is 11.7 Å². The van der Waals surface area contributed by atoms with Crippen LogP contribution in [0, 0.1) is 0 Å². The monoisotopic (exact) mass is 264 g/mol. The lowest BCUT2D eigenvalue weighted by Crippen LogP contribution is -2.28. The molecule has 0 fully saturated rings. The molecule has 6 N–H and O–H groups in total. The van der Waals surface area contributed by atoms with Crippen LogP contribution in [0.4, 0.5) is 0 Å². The minimum Gasteiger partial charge on any atom is -0.409 e. The molecule has 6 heteroatoms. The standard InChI is InChI=1S/C13H20N4O2/c14-12(17-19)9-11(10-5-2-1-3-6-10)16-8-4-7-13(15)18/h1-3,5-6,11,16,19H,4,7-9H2,(H2,14,17)(H2,15,18). The first-order chi connectivity index (χ1) is 9.13. The number of nitrogens with two attached hydrogens (primary N) is 2. The first-order valence-electron chi connectivity index (χ1n) is 6.16. The zero-order valence-corrected chi connectivity index (χ0v) is 10.7. The highest BCUT2D eigenvalue weighted by Crippen LogP contribution is 2.16. The Hall–Kier alpha value is -2.08. The van der Waals surface area contributed by atoms with Crippen molar-refractivity contribution in [3.8, 4) is 0 Å². The maximum Gasteiger partial charge on any atom is 0.217 e. The third-order valence-electron chi connectivity index (χ3n) is 2.73. The average Bonchev–Trinajstić information content (AvgIpc) is 2.42. The summed E-state index contributed by atoms with van der Waals surface area (Å²) in [6.45, 7) is 0.640. The highest BCUT2D eigenvalue weighted by atomic mass is 16.4.